The number of rotatable bonds is 7. The number of nitrogens with zero attached hydrogens (tertiary/aromatic N) is 1. The second-order valence-corrected chi connectivity index (χ2v) is 6.68. The van der Waals surface area contributed by atoms with Crippen molar-refractivity contribution < 1.29 is 19.1 Å². The second-order valence-electron chi connectivity index (χ2n) is 6.68. The first kappa shape index (κ1) is 20.6. The Morgan fingerprint density at radius 3 is 2.41 bits per heavy atom. The van der Waals surface area contributed by atoms with Crippen LogP contribution in [0, 0.1) is 5.92 Å². The van der Waals surface area contributed by atoms with Gasteiger partial charge in [0.25, 0.3) is 0 Å². The molecule has 1 fully saturated rings. The number of anilines is 1. The first-order valence-corrected chi connectivity index (χ1v) is 9.39. The Kier molecular flexibility index (Phi) is 7.98. The van der Waals surface area contributed by atoms with Gasteiger partial charge in [0.1, 0.15) is 0 Å². The fourth-order valence-corrected chi connectivity index (χ4v) is 2.99. The molecule has 2 amide bonds. The topological polar surface area (TPSA) is 96.9 Å². The van der Waals surface area contributed by atoms with Gasteiger partial charge >= 0.3 is 5.97 Å². The van der Waals surface area contributed by atoms with Gasteiger partial charge in [-0.2, -0.15) is 5.10 Å². The van der Waals surface area contributed by atoms with Gasteiger partial charge in [-0.05, 0) is 51.0 Å². The SMILES string of the molecule is CCOC(=O)c1ccc(NC(=O)CC(C)=NNC(=O)C2CCCCC2)cc1. The quantitative estimate of drug-likeness (QED) is 0.435. The average Bonchev–Trinajstić information content (AvgIpc) is 2.67. The number of nitrogens with one attached hydrogen (secondary N) is 2. The van der Waals surface area contributed by atoms with E-state index in [4.69, 9.17) is 4.74 Å². The Morgan fingerprint density at radius 2 is 1.78 bits per heavy atom. The summed E-state index contributed by atoms with van der Waals surface area (Å²) in [7, 11) is 0. The van der Waals surface area contributed by atoms with Crippen molar-refractivity contribution in [2.45, 2.75) is 52.4 Å². The van der Waals surface area contributed by atoms with Crippen LogP contribution < -0.4 is 10.7 Å². The van der Waals surface area contributed by atoms with Crippen molar-refractivity contribution in [2.75, 3.05) is 11.9 Å². The Morgan fingerprint density at radius 1 is 1.11 bits per heavy atom. The summed E-state index contributed by atoms with van der Waals surface area (Å²) in [6.45, 7) is 3.76. The number of hydrazone groups is 1. The molecule has 0 bridgehead atoms. The van der Waals surface area contributed by atoms with E-state index in [1.54, 1.807) is 38.1 Å². The van der Waals surface area contributed by atoms with Crippen molar-refractivity contribution in [1.29, 1.82) is 0 Å². The van der Waals surface area contributed by atoms with Crippen molar-refractivity contribution in [2.24, 2.45) is 11.0 Å². The lowest BCUT2D eigenvalue weighted by Gasteiger charge is -2.19. The van der Waals surface area contributed by atoms with E-state index in [1.165, 1.54) is 6.42 Å². The van der Waals surface area contributed by atoms with Crippen molar-refractivity contribution >= 4 is 29.2 Å². The van der Waals surface area contributed by atoms with Crippen LogP contribution >= 0.6 is 0 Å². The molecule has 2 rings (SSSR count). The normalized spacial score (nSPS) is 15.1. The molecule has 0 heterocycles. The summed E-state index contributed by atoms with van der Waals surface area (Å²) < 4.78 is 4.91. The third kappa shape index (κ3) is 6.84. The van der Waals surface area contributed by atoms with E-state index >= 15 is 0 Å². The minimum atomic E-state index is -0.396. The van der Waals surface area contributed by atoms with E-state index in [2.05, 4.69) is 15.8 Å². The highest BCUT2D eigenvalue weighted by molar-refractivity contribution is 6.05. The Labute approximate surface area is 159 Å². The van der Waals surface area contributed by atoms with E-state index in [9.17, 15) is 14.4 Å². The van der Waals surface area contributed by atoms with Crippen LogP contribution in [0.5, 0.6) is 0 Å². The molecule has 0 unspecified atom stereocenters. The summed E-state index contributed by atoms with van der Waals surface area (Å²) in [5, 5.41) is 6.77. The molecule has 0 aliphatic heterocycles. The van der Waals surface area contributed by atoms with Crippen LogP contribution in [0.4, 0.5) is 5.69 Å². The van der Waals surface area contributed by atoms with Gasteiger partial charge in [0.05, 0.1) is 18.6 Å². The molecule has 1 saturated carbocycles. The molecule has 0 spiro atoms. The lowest BCUT2D eigenvalue weighted by Crippen LogP contribution is -2.29. The number of hydrogen-bond donors (Lipinski definition) is 2. The van der Waals surface area contributed by atoms with Gasteiger partial charge in [0.15, 0.2) is 0 Å². The minimum absolute atomic E-state index is 0.0297. The third-order valence-electron chi connectivity index (χ3n) is 4.43. The molecule has 0 atom stereocenters. The smallest absolute Gasteiger partial charge is 0.338 e. The Balaban J connectivity index is 1.80. The van der Waals surface area contributed by atoms with E-state index in [0.717, 1.165) is 25.7 Å². The van der Waals surface area contributed by atoms with Crippen molar-refractivity contribution in [3.05, 3.63) is 29.8 Å². The zero-order chi connectivity index (χ0) is 19.6. The molecule has 1 aromatic carbocycles. The van der Waals surface area contributed by atoms with E-state index in [1.807, 2.05) is 0 Å². The molecule has 0 aromatic heterocycles. The fourth-order valence-electron chi connectivity index (χ4n) is 2.99. The summed E-state index contributed by atoms with van der Waals surface area (Å²) in [4.78, 5) is 35.8. The molecule has 27 heavy (non-hydrogen) atoms. The highest BCUT2D eigenvalue weighted by Gasteiger charge is 2.20. The van der Waals surface area contributed by atoms with Crippen LogP contribution in [0.3, 0.4) is 0 Å². The molecule has 146 valence electrons. The Bertz CT molecular complexity index is 692. The van der Waals surface area contributed by atoms with Crippen LogP contribution in [0.2, 0.25) is 0 Å². The minimum Gasteiger partial charge on any atom is -0.462 e. The summed E-state index contributed by atoms with van der Waals surface area (Å²) in [6, 6.07) is 6.47. The van der Waals surface area contributed by atoms with Crippen LogP contribution in [-0.2, 0) is 14.3 Å². The molecule has 7 nitrogen and oxygen atoms in total. The number of amides is 2. The third-order valence-corrected chi connectivity index (χ3v) is 4.43. The van der Waals surface area contributed by atoms with Gasteiger partial charge < -0.3 is 10.1 Å². The summed E-state index contributed by atoms with van der Waals surface area (Å²) in [6.07, 6.45) is 5.24. The maximum Gasteiger partial charge on any atom is 0.338 e. The zero-order valence-electron chi connectivity index (χ0n) is 15.9. The number of benzene rings is 1. The molecular weight excluding hydrogens is 346 g/mol. The van der Waals surface area contributed by atoms with Gasteiger partial charge in [-0.15, -0.1) is 0 Å². The highest BCUT2D eigenvalue weighted by atomic mass is 16.5. The van der Waals surface area contributed by atoms with Crippen LogP contribution in [0.1, 0.15) is 62.7 Å². The molecule has 1 aromatic rings. The molecule has 1 aliphatic rings. The summed E-state index contributed by atoms with van der Waals surface area (Å²) >= 11 is 0. The van der Waals surface area contributed by atoms with Crippen molar-refractivity contribution in [3.63, 3.8) is 0 Å². The monoisotopic (exact) mass is 373 g/mol. The highest BCUT2D eigenvalue weighted by Crippen LogP contribution is 2.23. The van der Waals surface area contributed by atoms with Gasteiger partial charge in [0.2, 0.25) is 11.8 Å². The molecule has 0 radical (unpaired) electrons. The van der Waals surface area contributed by atoms with E-state index < -0.39 is 5.97 Å². The number of esters is 1. The first-order chi connectivity index (χ1) is 13.0. The van der Waals surface area contributed by atoms with Crippen molar-refractivity contribution in [1.82, 2.24) is 5.43 Å². The number of carbonyl (C=O) groups is 3. The average molecular weight is 373 g/mol. The predicted octanol–water partition coefficient (Wildman–Crippen LogP) is 3.26. The second kappa shape index (κ2) is 10.4. The zero-order valence-corrected chi connectivity index (χ0v) is 15.9. The molecule has 2 N–H and O–H groups in total. The van der Waals surface area contributed by atoms with Crippen LogP contribution in [-0.4, -0.2) is 30.1 Å². The molecule has 1 aliphatic carbocycles. The van der Waals surface area contributed by atoms with Gasteiger partial charge in [0, 0.05) is 17.3 Å². The predicted molar refractivity (Wildman–Crippen MR) is 103 cm³/mol. The largest absolute Gasteiger partial charge is 0.462 e. The lowest BCUT2D eigenvalue weighted by molar-refractivity contribution is -0.126. The fraction of sp³-hybridized carbons (Fsp3) is 0.500. The first-order valence-electron chi connectivity index (χ1n) is 9.39. The molecule has 7 heteroatoms. The van der Waals surface area contributed by atoms with Crippen LogP contribution in [0.15, 0.2) is 29.4 Å². The number of ether oxygens (including phenoxy) is 1. The standard InChI is InChI=1S/C20H27N3O4/c1-3-27-20(26)16-9-11-17(12-10-16)21-18(24)13-14(2)22-23-19(25)15-7-5-4-6-8-15/h9-12,15H,3-8,13H2,1-2H3,(H,21,24)(H,23,25). The maximum absolute atomic E-state index is 12.1. The summed E-state index contributed by atoms with van der Waals surface area (Å²) in [5.74, 6) is -0.676. The van der Waals surface area contributed by atoms with Gasteiger partial charge in [-0.25, -0.2) is 10.2 Å². The summed E-state index contributed by atoms with van der Waals surface area (Å²) in [5.41, 5.74) is 4.10. The molecule has 0 saturated heterocycles. The Hall–Kier alpha value is -2.70. The van der Waals surface area contributed by atoms with Gasteiger partial charge in [-0.1, -0.05) is 19.3 Å². The number of hydrogen-bond acceptors (Lipinski definition) is 5. The lowest BCUT2D eigenvalue weighted by atomic mass is 9.89. The maximum atomic E-state index is 12.1. The van der Waals surface area contributed by atoms with E-state index in [0.29, 0.717) is 23.6 Å². The van der Waals surface area contributed by atoms with Crippen molar-refractivity contribution in [3.8, 4) is 0 Å². The van der Waals surface area contributed by atoms with Crippen LogP contribution in [0.25, 0.3) is 0 Å². The van der Waals surface area contributed by atoms with E-state index in [-0.39, 0.29) is 24.2 Å². The van der Waals surface area contributed by atoms with Gasteiger partial charge in [-0.3, -0.25) is 9.59 Å². The number of carbonyl (C=O) groups excluding carboxylic acids is 3. The molecular formula is C20H27N3O4.